The summed E-state index contributed by atoms with van der Waals surface area (Å²) >= 11 is 0. The highest BCUT2D eigenvalue weighted by molar-refractivity contribution is 6.44. The van der Waals surface area contributed by atoms with Gasteiger partial charge < -0.3 is 18.8 Å². The van der Waals surface area contributed by atoms with Crippen molar-refractivity contribution in [2.24, 2.45) is 0 Å². The van der Waals surface area contributed by atoms with E-state index in [4.69, 9.17) is 18.8 Å². The van der Waals surface area contributed by atoms with E-state index < -0.39 is 5.97 Å². The van der Waals surface area contributed by atoms with Gasteiger partial charge in [-0.1, -0.05) is 0 Å². The van der Waals surface area contributed by atoms with Gasteiger partial charge in [0.05, 0.1) is 0 Å². The molecule has 0 amide bonds. The molecule has 0 radical (unpaired) electrons. The molecule has 1 rings (SSSR count). The number of ether oxygens (including phenoxy) is 2. The van der Waals surface area contributed by atoms with Crippen molar-refractivity contribution in [2.45, 2.75) is 45.9 Å². The predicted molar refractivity (Wildman–Crippen MR) is 58.5 cm³/mol. The molecule has 5 heteroatoms. The number of hydrogen-bond donors (Lipinski definition) is 0. The van der Waals surface area contributed by atoms with Crippen LogP contribution in [0.5, 0.6) is 0 Å². The fraction of sp³-hybridized carbons (Fsp3) is 1.00. The quantitative estimate of drug-likeness (QED) is 0.503. The monoisotopic (exact) mass is 216 g/mol. The van der Waals surface area contributed by atoms with E-state index >= 15 is 0 Å². The molecular weight excluding hydrogens is 195 g/mol. The van der Waals surface area contributed by atoms with Gasteiger partial charge in [0.1, 0.15) is 0 Å². The van der Waals surface area contributed by atoms with Gasteiger partial charge in [-0.05, 0) is 33.5 Å². The third kappa shape index (κ3) is 3.76. The summed E-state index contributed by atoms with van der Waals surface area (Å²) in [6.45, 7) is 7.65. The van der Waals surface area contributed by atoms with E-state index in [9.17, 15) is 0 Å². The second-order valence-electron chi connectivity index (χ2n) is 3.44. The smallest absolute Gasteiger partial charge is 0.411 e. The molecule has 0 aromatic rings. The molecule has 1 fully saturated rings. The van der Waals surface area contributed by atoms with Crippen LogP contribution in [0.4, 0.5) is 0 Å². The van der Waals surface area contributed by atoms with Gasteiger partial charge in [0, 0.05) is 26.2 Å². The van der Waals surface area contributed by atoms with Crippen LogP contribution >= 0.6 is 0 Å². The van der Waals surface area contributed by atoms with E-state index in [1.165, 1.54) is 0 Å². The van der Waals surface area contributed by atoms with Crippen molar-refractivity contribution < 1.29 is 18.8 Å². The van der Waals surface area contributed by atoms with E-state index in [1.807, 2.05) is 20.8 Å². The highest BCUT2D eigenvalue weighted by Gasteiger charge is 2.41. The van der Waals surface area contributed by atoms with E-state index in [0.29, 0.717) is 19.8 Å². The molecule has 1 heterocycles. The zero-order chi connectivity index (χ0) is 11.1. The van der Waals surface area contributed by atoms with Gasteiger partial charge in [-0.3, -0.25) is 0 Å². The Labute approximate surface area is 92.4 Å². The topological polar surface area (TPSA) is 36.9 Å². The van der Waals surface area contributed by atoms with Gasteiger partial charge >= 0.3 is 7.12 Å². The molecule has 1 aliphatic heterocycles. The van der Waals surface area contributed by atoms with E-state index in [2.05, 4.69) is 0 Å². The van der Waals surface area contributed by atoms with Crippen LogP contribution in [0, 0.1) is 0 Å². The lowest BCUT2D eigenvalue weighted by Crippen LogP contribution is -2.48. The molecule has 0 saturated carbocycles. The molecular formula is C10H21BO4. The van der Waals surface area contributed by atoms with Crippen LogP contribution in [-0.4, -0.2) is 32.9 Å². The van der Waals surface area contributed by atoms with Gasteiger partial charge in [-0.25, -0.2) is 0 Å². The second-order valence-corrected chi connectivity index (χ2v) is 3.44. The summed E-state index contributed by atoms with van der Waals surface area (Å²) < 4.78 is 22.3. The summed E-state index contributed by atoms with van der Waals surface area (Å²) in [4.78, 5) is 0. The third-order valence-corrected chi connectivity index (χ3v) is 2.31. The van der Waals surface area contributed by atoms with Crippen LogP contribution in [-0.2, 0) is 18.8 Å². The first kappa shape index (κ1) is 13.0. The lowest BCUT2D eigenvalue weighted by molar-refractivity contribution is -0.355. The minimum absolute atomic E-state index is 0.193. The Morgan fingerprint density at radius 1 is 1.13 bits per heavy atom. The Bertz CT molecular complexity index is 163. The van der Waals surface area contributed by atoms with Crippen molar-refractivity contribution in [3.05, 3.63) is 0 Å². The Kier molecular flexibility index (Phi) is 5.60. The van der Waals surface area contributed by atoms with Crippen LogP contribution in [0.1, 0.15) is 33.6 Å². The molecule has 0 N–H and O–H groups in total. The molecule has 0 unspecified atom stereocenters. The van der Waals surface area contributed by atoms with Crippen molar-refractivity contribution in [2.75, 3.05) is 19.8 Å². The standard InChI is InChI=1S/C10H21BO4/c1-4-12-10(13-5-2)8-7-9-11(15-10)14-6-3/h4-9H2,1-3H3. The van der Waals surface area contributed by atoms with Crippen molar-refractivity contribution >= 4 is 7.12 Å². The van der Waals surface area contributed by atoms with E-state index in [-0.39, 0.29) is 7.12 Å². The second kappa shape index (κ2) is 6.48. The average molecular weight is 216 g/mol. The minimum Gasteiger partial charge on any atom is -0.411 e. The summed E-state index contributed by atoms with van der Waals surface area (Å²) in [7, 11) is -0.193. The van der Waals surface area contributed by atoms with Gasteiger partial charge in [0.2, 0.25) is 0 Å². The first-order valence-corrected chi connectivity index (χ1v) is 5.83. The van der Waals surface area contributed by atoms with Crippen LogP contribution in [0.3, 0.4) is 0 Å². The SMILES string of the molecule is CCOB1CCCC(OCC)(OCC)O1. The lowest BCUT2D eigenvalue weighted by atomic mass is 9.79. The van der Waals surface area contributed by atoms with Crippen molar-refractivity contribution in [3.63, 3.8) is 0 Å². The van der Waals surface area contributed by atoms with Crippen LogP contribution in [0.15, 0.2) is 0 Å². The minimum atomic E-state index is -0.873. The van der Waals surface area contributed by atoms with Crippen LogP contribution in [0.25, 0.3) is 0 Å². The van der Waals surface area contributed by atoms with Crippen LogP contribution in [0.2, 0.25) is 6.32 Å². The Morgan fingerprint density at radius 3 is 2.33 bits per heavy atom. The molecule has 0 aliphatic carbocycles. The summed E-state index contributed by atoms with van der Waals surface area (Å²) in [5, 5.41) is 0. The normalized spacial score (nSPS) is 20.6. The Morgan fingerprint density at radius 2 is 1.80 bits per heavy atom. The van der Waals surface area contributed by atoms with Crippen molar-refractivity contribution in [1.82, 2.24) is 0 Å². The largest absolute Gasteiger partial charge is 0.460 e. The summed E-state index contributed by atoms with van der Waals surface area (Å²) in [6.07, 6.45) is 2.69. The van der Waals surface area contributed by atoms with Crippen LogP contribution < -0.4 is 0 Å². The molecule has 88 valence electrons. The summed E-state index contributed by atoms with van der Waals surface area (Å²) in [6, 6.07) is 0. The predicted octanol–water partition coefficient (Wildman–Crippen LogP) is 2.05. The van der Waals surface area contributed by atoms with Gasteiger partial charge in [-0.15, -0.1) is 0 Å². The molecule has 0 spiro atoms. The zero-order valence-electron chi connectivity index (χ0n) is 9.95. The molecule has 4 nitrogen and oxygen atoms in total. The Hall–Kier alpha value is -0.0951. The van der Waals surface area contributed by atoms with E-state index in [1.54, 1.807) is 0 Å². The zero-order valence-corrected chi connectivity index (χ0v) is 9.95. The highest BCUT2D eigenvalue weighted by atomic mass is 16.9. The highest BCUT2D eigenvalue weighted by Crippen LogP contribution is 2.30. The molecule has 1 saturated heterocycles. The molecule has 15 heavy (non-hydrogen) atoms. The molecule has 0 aromatic heterocycles. The number of hydrogen-bond acceptors (Lipinski definition) is 4. The average Bonchev–Trinajstić information content (AvgIpc) is 2.19. The first-order valence-electron chi connectivity index (χ1n) is 5.83. The molecule has 0 aromatic carbocycles. The first-order chi connectivity index (χ1) is 7.26. The summed E-state index contributed by atoms with van der Waals surface area (Å²) in [5.74, 6) is -0.873. The maximum atomic E-state index is 5.73. The molecule has 0 atom stereocenters. The molecule has 0 bridgehead atoms. The maximum absolute atomic E-state index is 5.73. The van der Waals surface area contributed by atoms with Gasteiger partial charge in [-0.2, -0.15) is 0 Å². The number of rotatable bonds is 6. The fourth-order valence-corrected chi connectivity index (χ4v) is 1.80. The van der Waals surface area contributed by atoms with Gasteiger partial charge in [0.15, 0.2) is 0 Å². The van der Waals surface area contributed by atoms with E-state index in [0.717, 1.165) is 19.2 Å². The van der Waals surface area contributed by atoms with Crippen molar-refractivity contribution in [3.8, 4) is 0 Å². The van der Waals surface area contributed by atoms with Gasteiger partial charge in [0.25, 0.3) is 5.97 Å². The maximum Gasteiger partial charge on any atom is 0.460 e. The third-order valence-electron chi connectivity index (χ3n) is 2.31. The fourth-order valence-electron chi connectivity index (χ4n) is 1.80. The lowest BCUT2D eigenvalue weighted by Gasteiger charge is -2.38. The van der Waals surface area contributed by atoms with Crippen molar-refractivity contribution in [1.29, 1.82) is 0 Å². The summed E-state index contributed by atoms with van der Waals surface area (Å²) in [5.41, 5.74) is 0. The Balaban J connectivity index is 2.53. The molecule has 1 aliphatic rings.